The van der Waals surface area contributed by atoms with Gasteiger partial charge >= 0.3 is 0 Å². The van der Waals surface area contributed by atoms with Gasteiger partial charge in [0.2, 0.25) is 0 Å². The van der Waals surface area contributed by atoms with E-state index in [0.29, 0.717) is 0 Å². The van der Waals surface area contributed by atoms with Crippen molar-refractivity contribution in [3.63, 3.8) is 0 Å². The number of nitrogens with zero attached hydrogens (tertiary/aromatic N) is 1. The van der Waals surface area contributed by atoms with E-state index in [9.17, 15) is 0 Å². The highest BCUT2D eigenvalue weighted by Crippen LogP contribution is 2.39. The molecule has 0 saturated carbocycles. The zero-order valence-corrected chi connectivity index (χ0v) is 18.5. The van der Waals surface area contributed by atoms with E-state index in [-0.39, 0.29) is 0 Å². The number of aromatic nitrogens is 1. The molecule has 6 aromatic rings. The van der Waals surface area contributed by atoms with Crippen molar-refractivity contribution in [1.29, 1.82) is 0 Å². The quantitative estimate of drug-likeness (QED) is 0.273. The van der Waals surface area contributed by atoms with E-state index in [1.54, 1.807) is 0 Å². The van der Waals surface area contributed by atoms with E-state index in [4.69, 9.17) is 4.42 Å². The van der Waals surface area contributed by atoms with Gasteiger partial charge in [0.1, 0.15) is 11.3 Å². The highest BCUT2D eigenvalue weighted by atomic mass is 16.3. The molecule has 2 heteroatoms. The zero-order chi connectivity index (χ0) is 21.9. The van der Waals surface area contributed by atoms with Gasteiger partial charge in [-0.1, -0.05) is 54.1 Å². The van der Waals surface area contributed by atoms with Crippen LogP contribution in [0.4, 0.5) is 0 Å². The van der Waals surface area contributed by atoms with Crippen LogP contribution in [0.1, 0.15) is 28.9 Å². The lowest BCUT2D eigenvalue weighted by Gasteiger charge is -2.14. The first-order chi connectivity index (χ1) is 16.3. The first-order valence-electron chi connectivity index (χ1n) is 11.6. The third kappa shape index (κ3) is 2.81. The van der Waals surface area contributed by atoms with Gasteiger partial charge in [0.05, 0.1) is 11.0 Å². The number of allylic oxidation sites excluding steroid dienone is 1. The summed E-state index contributed by atoms with van der Waals surface area (Å²) in [6.07, 6.45) is 4.28. The fraction of sp³-hybridized carbons (Fsp3) is 0.0968. The molecule has 1 aliphatic rings. The van der Waals surface area contributed by atoms with Crippen molar-refractivity contribution >= 4 is 44.4 Å². The van der Waals surface area contributed by atoms with Crippen molar-refractivity contribution in [2.45, 2.75) is 19.8 Å². The molecule has 0 N–H and O–H groups in total. The Morgan fingerprint density at radius 1 is 0.697 bits per heavy atom. The van der Waals surface area contributed by atoms with Gasteiger partial charge in [-0.3, -0.25) is 0 Å². The molecule has 0 radical (unpaired) electrons. The van der Waals surface area contributed by atoms with Gasteiger partial charge < -0.3 is 8.98 Å². The van der Waals surface area contributed by atoms with Crippen LogP contribution in [0.3, 0.4) is 0 Å². The molecule has 0 bridgehead atoms. The lowest BCUT2D eigenvalue weighted by Crippen LogP contribution is -1.97. The van der Waals surface area contributed by atoms with Crippen molar-refractivity contribution in [1.82, 2.24) is 4.57 Å². The van der Waals surface area contributed by atoms with Crippen LogP contribution in [0.15, 0.2) is 95.4 Å². The Morgan fingerprint density at radius 2 is 1.45 bits per heavy atom. The van der Waals surface area contributed by atoms with Gasteiger partial charge in [-0.15, -0.1) is 0 Å². The fourth-order valence-electron chi connectivity index (χ4n) is 5.37. The van der Waals surface area contributed by atoms with E-state index < -0.39 is 0 Å². The predicted octanol–water partition coefficient (Wildman–Crippen LogP) is 8.33. The minimum Gasteiger partial charge on any atom is -0.460 e. The summed E-state index contributed by atoms with van der Waals surface area (Å²) < 4.78 is 8.50. The Hall–Kier alpha value is -4.04. The van der Waals surface area contributed by atoms with Crippen LogP contribution in [-0.2, 0) is 6.42 Å². The molecule has 0 aliphatic heterocycles. The van der Waals surface area contributed by atoms with E-state index in [1.165, 1.54) is 55.1 Å². The maximum absolute atomic E-state index is 6.12. The first kappa shape index (κ1) is 18.5. The summed E-state index contributed by atoms with van der Waals surface area (Å²) in [7, 11) is 0. The molecule has 33 heavy (non-hydrogen) atoms. The van der Waals surface area contributed by atoms with Crippen LogP contribution in [0.25, 0.3) is 50.1 Å². The van der Waals surface area contributed by atoms with E-state index >= 15 is 0 Å². The molecule has 0 atom stereocenters. The second kappa shape index (κ2) is 6.98. The third-order valence-corrected chi connectivity index (χ3v) is 6.96. The third-order valence-electron chi connectivity index (χ3n) is 6.96. The maximum Gasteiger partial charge on any atom is 0.134 e. The Kier molecular flexibility index (Phi) is 3.92. The normalized spacial score (nSPS) is 13.5. The predicted molar refractivity (Wildman–Crippen MR) is 138 cm³/mol. The number of benzene rings is 4. The van der Waals surface area contributed by atoms with Crippen LogP contribution in [-0.4, -0.2) is 4.57 Å². The standard InChI is InChI=1S/C31H23NO/c1-20-11-14-28-25(17-20)26-18-21(12-15-29(26)32(28)23-7-3-2-4-8-23)22-13-16-31-27(19-22)24-9-5-6-10-30(24)33-31/h2-12,14-15,17-19H,13,16H2,1H3. The summed E-state index contributed by atoms with van der Waals surface area (Å²) in [6.45, 7) is 2.17. The molecular formula is C31H23NO. The Balaban J connectivity index is 1.46. The van der Waals surface area contributed by atoms with E-state index in [1.807, 2.05) is 6.07 Å². The van der Waals surface area contributed by atoms with Crippen LogP contribution in [0.5, 0.6) is 0 Å². The van der Waals surface area contributed by atoms with Gasteiger partial charge in [0.25, 0.3) is 0 Å². The average molecular weight is 426 g/mol. The van der Waals surface area contributed by atoms with E-state index in [0.717, 1.165) is 24.2 Å². The Morgan fingerprint density at radius 3 is 2.33 bits per heavy atom. The molecule has 0 unspecified atom stereocenters. The molecule has 158 valence electrons. The highest BCUT2D eigenvalue weighted by molar-refractivity contribution is 6.10. The summed E-state index contributed by atoms with van der Waals surface area (Å²) >= 11 is 0. The number of fused-ring (bicyclic) bond motifs is 6. The van der Waals surface area contributed by atoms with Crippen molar-refractivity contribution in [2.24, 2.45) is 0 Å². The van der Waals surface area contributed by atoms with Crippen molar-refractivity contribution in [2.75, 3.05) is 0 Å². The molecule has 2 nitrogen and oxygen atoms in total. The van der Waals surface area contributed by atoms with Crippen molar-refractivity contribution in [3.05, 3.63) is 113 Å². The maximum atomic E-state index is 6.12. The minimum absolute atomic E-state index is 0.943. The molecule has 4 aromatic carbocycles. The Labute approximate surface area is 192 Å². The minimum atomic E-state index is 0.943. The molecule has 0 saturated heterocycles. The first-order valence-corrected chi connectivity index (χ1v) is 11.6. The monoisotopic (exact) mass is 425 g/mol. The van der Waals surface area contributed by atoms with Crippen molar-refractivity contribution in [3.8, 4) is 5.69 Å². The van der Waals surface area contributed by atoms with Gasteiger partial charge in [-0.2, -0.15) is 0 Å². The van der Waals surface area contributed by atoms with Gasteiger partial charge in [0.15, 0.2) is 0 Å². The smallest absolute Gasteiger partial charge is 0.134 e. The SMILES string of the molecule is Cc1ccc2c(c1)c1cc(C3=Cc4c(oc5ccccc45)CC3)ccc1n2-c1ccccc1. The zero-order valence-electron chi connectivity index (χ0n) is 18.5. The average Bonchev–Trinajstić information content (AvgIpc) is 3.39. The van der Waals surface area contributed by atoms with Crippen LogP contribution in [0.2, 0.25) is 0 Å². The van der Waals surface area contributed by atoms with Crippen LogP contribution < -0.4 is 0 Å². The molecule has 7 rings (SSSR count). The van der Waals surface area contributed by atoms with Gasteiger partial charge in [0, 0.05) is 33.8 Å². The number of rotatable bonds is 2. The Bertz CT molecular complexity index is 1710. The number of furan rings is 1. The largest absolute Gasteiger partial charge is 0.460 e. The van der Waals surface area contributed by atoms with Crippen LogP contribution >= 0.6 is 0 Å². The topological polar surface area (TPSA) is 18.1 Å². The number of hydrogen-bond acceptors (Lipinski definition) is 1. The molecule has 2 aromatic heterocycles. The second-order valence-electron chi connectivity index (χ2n) is 9.03. The summed E-state index contributed by atoms with van der Waals surface area (Å²) in [5.41, 5.74) is 9.88. The summed E-state index contributed by atoms with van der Waals surface area (Å²) in [5.74, 6) is 1.11. The van der Waals surface area contributed by atoms with Crippen molar-refractivity contribution < 1.29 is 4.42 Å². The lowest BCUT2D eigenvalue weighted by molar-refractivity contribution is 0.548. The number of para-hydroxylation sites is 2. The fourth-order valence-corrected chi connectivity index (χ4v) is 5.37. The number of hydrogen-bond donors (Lipinski definition) is 0. The highest BCUT2D eigenvalue weighted by Gasteiger charge is 2.20. The lowest BCUT2D eigenvalue weighted by atomic mass is 9.91. The second-order valence-corrected chi connectivity index (χ2v) is 9.03. The molecule has 0 amide bonds. The van der Waals surface area contributed by atoms with Gasteiger partial charge in [-0.05, 0) is 73.0 Å². The molecule has 1 aliphatic carbocycles. The molecule has 0 fully saturated rings. The van der Waals surface area contributed by atoms with Gasteiger partial charge in [-0.25, -0.2) is 0 Å². The summed E-state index contributed by atoms with van der Waals surface area (Å²) in [6, 6.07) is 32.7. The number of aryl methyl sites for hydroxylation is 2. The summed E-state index contributed by atoms with van der Waals surface area (Å²) in [5, 5.41) is 3.82. The molecule has 2 heterocycles. The van der Waals surface area contributed by atoms with Crippen LogP contribution in [0, 0.1) is 6.92 Å². The summed E-state index contributed by atoms with van der Waals surface area (Å²) in [4.78, 5) is 0. The van der Waals surface area contributed by atoms with E-state index in [2.05, 4.69) is 102 Å². The molecule has 0 spiro atoms. The molecular weight excluding hydrogens is 402 g/mol.